The molecule has 0 radical (unpaired) electrons. The lowest BCUT2D eigenvalue weighted by molar-refractivity contribution is 0.0599. The Bertz CT molecular complexity index is 2380. The smallest absolute Gasteiger partial charge is 0.337 e. The molecule has 0 fully saturated rings. The molecule has 55 heavy (non-hydrogen) atoms. The quantitative estimate of drug-likeness (QED) is 0.0407. The monoisotopic (exact) mass is 735 g/mol. The number of aliphatic hydroxyl groups is 1. The van der Waals surface area contributed by atoms with E-state index in [1.807, 2.05) is 36.4 Å². The number of amides is 1. The molecule has 4 N–H and O–H groups in total. The average molecular weight is 736 g/mol. The molecule has 0 spiro atoms. The minimum absolute atomic E-state index is 0.129. The molecule has 11 nitrogen and oxygen atoms in total. The van der Waals surface area contributed by atoms with E-state index in [2.05, 4.69) is 27.5 Å². The van der Waals surface area contributed by atoms with Crippen LogP contribution in [0.15, 0.2) is 121 Å². The van der Waals surface area contributed by atoms with Crippen LogP contribution in [0.5, 0.6) is 0 Å². The number of carbonyl (C=O) groups is 3. The second-order valence-corrected chi connectivity index (χ2v) is 12.2. The predicted molar refractivity (Wildman–Crippen MR) is 210 cm³/mol. The number of nitrogens with zero attached hydrogens (tertiary/aromatic N) is 1. The van der Waals surface area contributed by atoms with E-state index in [9.17, 15) is 24.6 Å². The molecule has 11 heteroatoms. The zero-order valence-corrected chi connectivity index (χ0v) is 30.0. The summed E-state index contributed by atoms with van der Waals surface area (Å²) in [5.74, 6) is 4.31. The highest BCUT2D eigenvalue weighted by Crippen LogP contribution is 2.31. The number of aromatic carboxylic acids is 1. The summed E-state index contributed by atoms with van der Waals surface area (Å²) >= 11 is 0. The molecule has 276 valence electrons. The van der Waals surface area contributed by atoms with Crippen molar-refractivity contribution in [1.82, 2.24) is 4.98 Å². The summed E-state index contributed by atoms with van der Waals surface area (Å²) in [4.78, 5) is 41.6. The number of aliphatic hydroxyl groups excluding tert-OH is 1. The van der Waals surface area contributed by atoms with E-state index >= 15 is 0 Å². The van der Waals surface area contributed by atoms with E-state index in [1.165, 1.54) is 13.2 Å². The number of fused-ring (bicyclic) bond motifs is 1. The normalized spacial score (nSPS) is 11.3. The Morgan fingerprint density at radius 1 is 0.800 bits per heavy atom. The van der Waals surface area contributed by atoms with Gasteiger partial charge in [0, 0.05) is 46.8 Å². The second-order valence-electron chi connectivity index (χ2n) is 12.2. The van der Waals surface area contributed by atoms with Crippen molar-refractivity contribution in [2.45, 2.75) is 6.23 Å². The Morgan fingerprint density at radius 3 is 2.20 bits per heavy atom. The number of ether oxygens (including phenoxy) is 3. The number of methoxy groups -OCH3 is 2. The Labute approximate surface area is 317 Å². The summed E-state index contributed by atoms with van der Waals surface area (Å²) in [5.41, 5.74) is 6.19. The number of rotatable bonds is 13. The highest BCUT2D eigenvalue weighted by atomic mass is 16.5. The van der Waals surface area contributed by atoms with Crippen LogP contribution in [0.3, 0.4) is 0 Å². The third-order valence-electron chi connectivity index (χ3n) is 8.70. The van der Waals surface area contributed by atoms with Gasteiger partial charge in [-0.25, -0.2) is 9.59 Å². The molecule has 0 aliphatic heterocycles. The molecule has 6 aromatic rings. The van der Waals surface area contributed by atoms with Crippen LogP contribution in [0.1, 0.15) is 48.6 Å². The molecule has 1 heterocycles. The van der Waals surface area contributed by atoms with Crippen molar-refractivity contribution in [3.05, 3.63) is 149 Å². The summed E-state index contributed by atoms with van der Waals surface area (Å²) in [7, 11) is 2.92. The van der Waals surface area contributed by atoms with Crippen molar-refractivity contribution >= 4 is 40.0 Å². The van der Waals surface area contributed by atoms with Gasteiger partial charge in [-0.05, 0) is 76.7 Å². The molecule has 0 aliphatic rings. The Hall–Kier alpha value is -6.84. The third kappa shape index (κ3) is 9.22. The number of anilines is 2. The van der Waals surface area contributed by atoms with Crippen molar-refractivity contribution in [2.24, 2.45) is 0 Å². The first-order valence-corrected chi connectivity index (χ1v) is 17.2. The van der Waals surface area contributed by atoms with Gasteiger partial charge in [-0.1, -0.05) is 72.5 Å². The van der Waals surface area contributed by atoms with Gasteiger partial charge in [0.1, 0.15) is 6.61 Å². The maximum atomic E-state index is 13.4. The van der Waals surface area contributed by atoms with Gasteiger partial charge < -0.3 is 35.1 Å². The van der Waals surface area contributed by atoms with Gasteiger partial charge in [-0.15, -0.1) is 0 Å². The van der Waals surface area contributed by atoms with Crippen LogP contribution in [-0.2, 0) is 14.2 Å². The molecule has 5 aromatic carbocycles. The van der Waals surface area contributed by atoms with Crippen LogP contribution in [0, 0.1) is 11.8 Å². The maximum Gasteiger partial charge on any atom is 0.337 e. The molecule has 1 amide bonds. The van der Waals surface area contributed by atoms with Gasteiger partial charge in [0.25, 0.3) is 5.91 Å². The summed E-state index contributed by atoms with van der Waals surface area (Å²) in [6.45, 7) is 1.04. The number of benzene rings is 5. The summed E-state index contributed by atoms with van der Waals surface area (Å²) in [5, 5.41) is 27.8. The Morgan fingerprint density at radius 2 is 1.51 bits per heavy atom. The third-order valence-corrected chi connectivity index (χ3v) is 8.70. The molecule has 0 saturated carbocycles. The van der Waals surface area contributed by atoms with Crippen molar-refractivity contribution in [3.63, 3.8) is 0 Å². The number of carboxylic acid groups (broad SMARTS) is 1. The van der Waals surface area contributed by atoms with Crippen molar-refractivity contribution < 1.29 is 38.8 Å². The standard InChI is InChI=1S/C44H37N3O8/c1-53-24-25-55-23-5-8-32-26-33(17-21-36(32)29-11-13-31(14-12-29)44(52)54-2)41(48)46-35-19-15-28(16-20-35)34-18-22-39(45-27-34)42(49)47-38-10-4-7-30-6-3-9-37(40(30)38)43(50)51/h3-4,6-7,9-22,26-27,42,47,49H,23-25H2,1-2H3,(H,46,48)(H,50,51). The maximum absolute atomic E-state index is 13.4. The van der Waals surface area contributed by atoms with Gasteiger partial charge in [0.2, 0.25) is 0 Å². The zero-order valence-electron chi connectivity index (χ0n) is 30.0. The molecular formula is C44H37N3O8. The fourth-order valence-corrected chi connectivity index (χ4v) is 5.89. The topological polar surface area (TPSA) is 156 Å². The summed E-state index contributed by atoms with van der Waals surface area (Å²) < 4.78 is 15.3. The number of carboxylic acids is 1. The van der Waals surface area contributed by atoms with E-state index in [-0.39, 0.29) is 18.1 Å². The first kappa shape index (κ1) is 37.9. The van der Waals surface area contributed by atoms with Crippen molar-refractivity contribution in [3.8, 4) is 34.1 Å². The highest BCUT2D eigenvalue weighted by Gasteiger charge is 2.16. The van der Waals surface area contributed by atoms with Crippen LogP contribution in [0.2, 0.25) is 0 Å². The minimum Gasteiger partial charge on any atom is -0.478 e. The van der Waals surface area contributed by atoms with Crippen LogP contribution in [-0.4, -0.2) is 67.1 Å². The molecule has 6 rings (SSSR count). The van der Waals surface area contributed by atoms with E-state index in [0.717, 1.165) is 27.6 Å². The number of nitrogens with one attached hydrogen (secondary N) is 2. The highest BCUT2D eigenvalue weighted by molar-refractivity contribution is 6.09. The molecule has 1 unspecified atom stereocenters. The van der Waals surface area contributed by atoms with E-state index < -0.39 is 18.2 Å². The lowest BCUT2D eigenvalue weighted by Gasteiger charge is -2.17. The fourth-order valence-electron chi connectivity index (χ4n) is 5.89. The Kier molecular flexibility index (Phi) is 12.3. The molecule has 1 atom stereocenters. The average Bonchev–Trinajstić information content (AvgIpc) is 3.22. The number of carbonyl (C=O) groups excluding carboxylic acids is 2. The largest absolute Gasteiger partial charge is 0.478 e. The van der Waals surface area contributed by atoms with Crippen LogP contribution >= 0.6 is 0 Å². The van der Waals surface area contributed by atoms with Gasteiger partial charge in [-0.2, -0.15) is 0 Å². The number of hydrogen-bond acceptors (Lipinski definition) is 9. The van der Waals surface area contributed by atoms with Gasteiger partial charge in [-0.3, -0.25) is 9.78 Å². The van der Waals surface area contributed by atoms with Gasteiger partial charge >= 0.3 is 11.9 Å². The first-order chi connectivity index (χ1) is 26.7. The summed E-state index contributed by atoms with van der Waals surface area (Å²) in [6, 6.07) is 33.3. The summed E-state index contributed by atoms with van der Waals surface area (Å²) in [6.07, 6.45) is 0.441. The van der Waals surface area contributed by atoms with E-state index in [0.29, 0.717) is 52.4 Å². The SMILES string of the molecule is COCCOCC#Cc1cc(C(=O)Nc2ccc(-c3ccc(C(O)Nc4cccc5cccc(C(=O)O)c45)nc3)cc2)ccc1-c1ccc(C(=O)OC)cc1. The number of pyridine rings is 1. The number of hydrogen-bond donors (Lipinski definition) is 4. The first-order valence-electron chi connectivity index (χ1n) is 17.2. The van der Waals surface area contributed by atoms with E-state index in [4.69, 9.17) is 14.2 Å². The second kappa shape index (κ2) is 17.8. The van der Waals surface area contributed by atoms with Crippen molar-refractivity contribution in [2.75, 3.05) is 44.7 Å². The van der Waals surface area contributed by atoms with Crippen LogP contribution in [0.4, 0.5) is 11.4 Å². The lowest BCUT2D eigenvalue weighted by atomic mass is 9.96. The fraction of sp³-hybridized carbons (Fsp3) is 0.136. The Balaban J connectivity index is 1.14. The zero-order chi connectivity index (χ0) is 38.7. The predicted octanol–water partition coefficient (Wildman–Crippen LogP) is 7.42. The number of aromatic nitrogens is 1. The van der Waals surface area contributed by atoms with E-state index in [1.54, 1.807) is 86.1 Å². The number of esters is 1. The molecule has 0 aliphatic carbocycles. The molecular weight excluding hydrogens is 698 g/mol. The molecule has 0 bridgehead atoms. The minimum atomic E-state index is -1.19. The van der Waals surface area contributed by atoms with Gasteiger partial charge in [0.05, 0.1) is 37.1 Å². The van der Waals surface area contributed by atoms with Crippen LogP contribution in [0.25, 0.3) is 33.0 Å². The lowest BCUT2D eigenvalue weighted by Crippen LogP contribution is -2.12. The van der Waals surface area contributed by atoms with Crippen LogP contribution < -0.4 is 10.6 Å². The molecule has 1 aromatic heterocycles. The van der Waals surface area contributed by atoms with Crippen molar-refractivity contribution in [1.29, 1.82) is 0 Å². The van der Waals surface area contributed by atoms with Gasteiger partial charge in [0.15, 0.2) is 6.23 Å². The molecule has 0 saturated heterocycles.